The normalized spacial score (nSPS) is 18.5. The molecular formula is C18H12ClN3O2S. The van der Waals surface area contributed by atoms with Crippen molar-refractivity contribution in [3.05, 3.63) is 63.9 Å². The molecule has 0 saturated carbocycles. The van der Waals surface area contributed by atoms with Crippen LogP contribution < -0.4 is 0 Å². The molecular weight excluding hydrogens is 358 g/mol. The molecule has 0 atom stereocenters. The number of amidine groups is 2. The molecule has 1 aromatic heterocycles. The van der Waals surface area contributed by atoms with Crippen LogP contribution in [-0.2, 0) is 4.79 Å². The summed E-state index contributed by atoms with van der Waals surface area (Å²) in [5.74, 6) is 0.780. The van der Waals surface area contributed by atoms with Crippen molar-refractivity contribution in [2.24, 2.45) is 4.99 Å². The summed E-state index contributed by atoms with van der Waals surface area (Å²) in [5.41, 5.74) is 1.04. The van der Waals surface area contributed by atoms with Crippen molar-refractivity contribution in [3.63, 3.8) is 0 Å². The van der Waals surface area contributed by atoms with Crippen LogP contribution in [0, 0.1) is 5.41 Å². The standard InChI is InChI=1S/C18H12ClN3O2S/c1-10-9-22-16(20)14(17(23)21-18(22)25-10)8-13-5-6-15(24-13)11-3-2-4-12(19)7-11/h2-9,20H,1H3/b14-8-,20-16?. The topological polar surface area (TPSA) is 69.7 Å². The maximum Gasteiger partial charge on any atom is 0.283 e. The van der Waals surface area contributed by atoms with E-state index in [0.29, 0.717) is 21.7 Å². The molecule has 1 amide bonds. The van der Waals surface area contributed by atoms with Gasteiger partial charge in [-0.3, -0.25) is 15.1 Å². The Labute approximate surface area is 153 Å². The van der Waals surface area contributed by atoms with Gasteiger partial charge in [-0.15, -0.1) is 0 Å². The van der Waals surface area contributed by atoms with Crippen LogP contribution in [0.25, 0.3) is 17.4 Å². The minimum atomic E-state index is -0.437. The molecule has 25 heavy (non-hydrogen) atoms. The minimum Gasteiger partial charge on any atom is -0.457 e. The SMILES string of the molecule is CC1=CN2C(=N)/C(=C/c3ccc(-c4cccc(Cl)c4)o3)C(=O)N=C2S1. The molecule has 0 radical (unpaired) electrons. The number of nitrogens with zero attached hydrogens (tertiary/aromatic N) is 2. The van der Waals surface area contributed by atoms with Crippen molar-refractivity contribution in [1.82, 2.24) is 4.90 Å². The van der Waals surface area contributed by atoms with E-state index >= 15 is 0 Å². The van der Waals surface area contributed by atoms with E-state index in [4.69, 9.17) is 21.4 Å². The number of benzene rings is 1. The average molecular weight is 370 g/mol. The lowest BCUT2D eigenvalue weighted by Crippen LogP contribution is -2.35. The number of carbonyl (C=O) groups excluding carboxylic acids is 1. The summed E-state index contributed by atoms with van der Waals surface area (Å²) in [5, 5.41) is 9.42. The van der Waals surface area contributed by atoms with Gasteiger partial charge in [0.15, 0.2) is 5.17 Å². The number of rotatable bonds is 2. The molecule has 4 rings (SSSR count). The fourth-order valence-corrected chi connectivity index (χ4v) is 3.58. The zero-order chi connectivity index (χ0) is 17.6. The summed E-state index contributed by atoms with van der Waals surface area (Å²) in [4.78, 5) is 18.9. The fourth-order valence-electron chi connectivity index (χ4n) is 2.57. The Morgan fingerprint density at radius 1 is 1.32 bits per heavy atom. The van der Waals surface area contributed by atoms with Crippen LogP contribution in [0.1, 0.15) is 12.7 Å². The molecule has 0 aliphatic carbocycles. The number of allylic oxidation sites excluding steroid dienone is 1. The Balaban J connectivity index is 1.68. The predicted octanol–water partition coefficient (Wildman–Crippen LogP) is 4.77. The van der Waals surface area contributed by atoms with Crippen LogP contribution in [0.15, 0.2) is 62.5 Å². The molecule has 0 bridgehead atoms. The summed E-state index contributed by atoms with van der Waals surface area (Å²) >= 11 is 7.38. The van der Waals surface area contributed by atoms with Crippen LogP contribution in [0.4, 0.5) is 0 Å². The Hall–Kier alpha value is -2.57. The third-order valence-electron chi connectivity index (χ3n) is 3.72. The Morgan fingerprint density at radius 3 is 2.96 bits per heavy atom. The molecule has 0 spiro atoms. The second-order valence-corrected chi connectivity index (χ2v) is 7.18. The maximum absolute atomic E-state index is 12.3. The second-order valence-electron chi connectivity index (χ2n) is 5.53. The number of hydrogen-bond donors (Lipinski definition) is 1. The molecule has 2 aliphatic rings. The number of aliphatic imine (C=N–C) groups is 1. The first kappa shape index (κ1) is 15.9. The molecule has 2 aliphatic heterocycles. The number of amides is 1. The zero-order valence-electron chi connectivity index (χ0n) is 13.1. The van der Waals surface area contributed by atoms with E-state index in [1.54, 1.807) is 41.4 Å². The minimum absolute atomic E-state index is 0.0973. The van der Waals surface area contributed by atoms with Crippen molar-refractivity contribution in [1.29, 1.82) is 5.41 Å². The number of thioether (sulfide) groups is 1. The van der Waals surface area contributed by atoms with E-state index < -0.39 is 5.91 Å². The first-order valence-electron chi connectivity index (χ1n) is 7.46. The van der Waals surface area contributed by atoms with Crippen molar-refractivity contribution in [2.75, 3.05) is 0 Å². The molecule has 0 unspecified atom stereocenters. The van der Waals surface area contributed by atoms with Gasteiger partial charge in [0.1, 0.15) is 17.4 Å². The van der Waals surface area contributed by atoms with E-state index in [1.165, 1.54) is 11.8 Å². The lowest BCUT2D eigenvalue weighted by atomic mass is 10.1. The lowest BCUT2D eigenvalue weighted by Gasteiger charge is -2.21. The summed E-state index contributed by atoms with van der Waals surface area (Å²) in [6.45, 7) is 1.91. The predicted molar refractivity (Wildman–Crippen MR) is 100 cm³/mol. The molecule has 1 aromatic carbocycles. The van der Waals surface area contributed by atoms with Gasteiger partial charge in [0.2, 0.25) is 0 Å². The highest BCUT2D eigenvalue weighted by molar-refractivity contribution is 8.17. The summed E-state index contributed by atoms with van der Waals surface area (Å²) < 4.78 is 5.79. The van der Waals surface area contributed by atoms with Gasteiger partial charge in [-0.1, -0.05) is 35.5 Å². The first-order chi connectivity index (χ1) is 12.0. The molecule has 0 saturated heterocycles. The van der Waals surface area contributed by atoms with Gasteiger partial charge in [0.05, 0.1) is 5.57 Å². The largest absolute Gasteiger partial charge is 0.457 e. The second kappa shape index (κ2) is 6.06. The Bertz CT molecular complexity index is 1000. The summed E-state index contributed by atoms with van der Waals surface area (Å²) in [7, 11) is 0. The number of nitrogens with one attached hydrogen (secondary N) is 1. The Morgan fingerprint density at radius 2 is 2.16 bits per heavy atom. The van der Waals surface area contributed by atoms with E-state index in [-0.39, 0.29) is 11.4 Å². The van der Waals surface area contributed by atoms with Crippen LogP contribution in [0.5, 0.6) is 0 Å². The van der Waals surface area contributed by atoms with Gasteiger partial charge in [0.25, 0.3) is 5.91 Å². The van der Waals surface area contributed by atoms with Crippen LogP contribution in [-0.4, -0.2) is 21.8 Å². The third-order valence-corrected chi connectivity index (χ3v) is 4.85. The van der Waals surface area contributed by atoms with Gasteiger partial charge >= 0.3 is 0 Å². The molecule has 2 aromatic rings. The fraction of sp³-hybridized carbons (Fsp3) is 0.0556. The molecule has 0 fully saturated rings. The highest BCUT2D eigenvalue weighted by atomic mass is 35.5. The number of furan rings is 1. The lowest BCUT2D eigenvalue weighted by molar-refractivity contribution is -0.114. The van der Waals surface area contributed by atoms with Crippen LogP contribution in [0.3, 0.4) is 0 Å². The maximum atomic E-state index is 12.3. The third kappa shape index (κ3) is 2.94. The zero-order valence-corrected chi connectivity index (χ0v) is 14.7. The van der Waals surface area contributed by atoms with Crippen molar-refractivity contribution < 1.29 is 9.21 Å². The highest BCUT2D eigenvalue weighted by Crippen LogP contribution is 2.33. The first-order valence-corrected chi connectivity index (χ1v) is 8.65. The van der Waals surface area contributed by atoms with Crippen LogP contribution >= 0.6 is 23.4 Å². The number of hydrogen-bond acceptors (Lipinski definition) is 4. The van der Waals surface area contributed by atoms with Crippen LogP contribution in [0.2, 0.25) is 5.02 Å². The van der Waals surface area contributed by atoms with Gasteiger partial charge in [-0.05, 0) is 37.3 Å². The molecule has 7 heteroatoms. The van der Waals surface area contributed by atoms with E-state index in [1.807, 2.05) is 19.1 Å². The average Bonchev–Trinajstić information content (AvgIpc) is 3.18. The van der Waals surface area contributed by atoms with Gasteiger partial charge < -0.3 is 4.42 Å². The Kier molecular flexibility index (Phi) is 3.86. The van der Waals surface area contributed by atoms with Gasteiger partial charge in [-0.2, -0.15) is 4.99 Å². The molecule has 3 heterocycles. The van der Waals surface area contributed by atoms with E-state index in [0.717, 1.165) is 10.5 Å². The number of carbonyl (C=O) groups is 1. The van der Waals surface area contributed by atoms with E-state index in [9.17, 15) is 4.79 Å². The van der Waals surface area contributed by atoms with Crippen molar-refractivity contribution in [3.8, 4) is 11.3 Å². The number of halogens is 1. The molecule has 1 N–H and O–H groups in total. The summed E-state index contributed by atoms with van der Waals surface area (Å²) in [6, 6.07) is 10.9. The van der Waals surface area contributed by atoms with Gasteiger partial charge in [-0.25, -0.2) is 0 Å². The van der Waals surface area contributed by atoms with Crippen molar-refractivity contribution in [2.45, 2.75) is 6.92 Å². The molecule has 5 nitrogen and oxygen atoms in total. The van der Waals surface area contributed by atoms with E-state index in [2.05, 4.69) is 4.99 Å². The van der Waals surface area contributed by atoms with Crippen molar-refractivity contribution >= 4 is 46.3 Å². The monoisotopic (exact) mass is 369 g/mol. The number of fused-ring (bicyclic) bond motifs is 1. The highest BCUT2D eigenvalue weighted by Gasteiger charge is 2.33. The smallest absolute Gasteiger partial charge is 0.283 e. The van der Waals surface area contributed by atoms with Gasteiger partial charge in [0, 0.05) is 21.7 Å². The summed E-state index contributed by atoms with van der Waals surface area (Å²) in [6.07, 6.45) is 3.34. The quantitative estimate of drug-likeness (QED) is 0.774. The molecule has 124 valence electrons.